The number of anilines is 1. The van der Waals surface area contributed by atoms with Gasteiger partial charge in [-0.2, -0.15) is 0 Å². The number of amides is 1. The lowest BCUT2D eigenvalue weighted by Gasteiger charge is -2.35. The summed E-state index contributed by atoms with van der Waals surface area (Å²) in [5, 5.41) is 19.9. The van der Waals surface area contributed by atoms with Gasteiger partial charge in [0, 0.05) is 43.4 Å². The number of nitro groups is 1. The summed E-state index contributed by atoms with van der Waals surface area (Å²) in [6.45, 7) is 6.31. The van der Waals surface area contributed by atoms with Crippen molar-refractivity contribution in [3.8, 4) is 11.3 Å². The first-order valence-electron chi connectivity index (χ1n) is 10.2. The van der Waals surface area contributed by atoms with Gasteiger partial charge in [0.25, 0.3) is 11.6 Å². The molecule has 0 bridgehead atoms. The quantitative estimate of drug-likeness (QED) is 0.434. The number of nitro benzene ring substituents is 1. The van der Waals surface area contributed by atoms with Crippen molar-refractivity contribution in [3.63, 3.8) is 0 Å². The number of hydrogen-bond donors (Lipinski definition) is 0. The first kappa shape index (κ1) is 21.7. The topological polar surface area (TPSA) is 92.5 Å². The molecule has 1 saturated heterocycles. The zero-order valence-corrected chi connectivity index (χ0v) is 18.5. The summed E-state index contributed by atoms with van der Waals surface area (Å²) in [6, 6.07) is 14.2. The number of aromatic nitrogens is 2. The molecule has 9 heteroatoms. The van der Waals surface area contributed by atoms with E-state index in [1.807, 2.05) is 18.2 Å². The Kier molecular flexibility index (Phi) is 6.05. The predicted molar refractivity (Wildman–Crippen MR) is 123 cm³/mol. The number of benzene rings is 2. The molecule has 1 fully saturated rings. The first-order valence-corrected chi connectivity index (χ1v) is 10.6. The van der Waals surface area contributed by atoms with Gasteiger partial charge in [-0.3, -0.25) is 14.9 Å². The Morgan fingerprint density at radius 2 is 1.72 bits per heavy atom. The Morgan fingerprint density at radius 3 is 2.34 bits per heavy atom. The molecule has 164 valence electrons. The number of halogens is 1. The molecule has 2 aromatic carbocycles. The number of nitrogens with zero attached hydrogens (tertiary/aromatic N) is 5. The Hall–Kier alpha value is -3.52. The van der Waals surface area contributed by atoms with E-state index in [1.165, 1.54) is 29.3 Å². The number of hydrogen-bond acceptors (Lipinski definition) is 6. The van der Waals surface area contributed by atoms with Crippen molar-refractivity contribution in [1.82, 2.24) is 15.1 Å². The summed E-state index contributed by atoms with van der Waals surface area (Å²) in [6.07, 6.45) is 0. The van der Waals surface area contributed by atoms with Crippen LogP contribution in [-0.2, 0) is 0 Å². The fourth-order valence-corrected chi connectivity index (χ4v) is 3.84. The van der Waals surface area contributed by atoms with Gasteiger partial charge in [0.05, 0.1) is 10.6 Å². The summed E-state index contributed by atoms with van der Waals surface area (Å²) >= 11 is 5.85. The van der Waals surface area contributed by atoms with Crippen molar-refractivity contribution < 1.29 is 9.72 Å². The summed E-state index contributed by atoms with van der Waals surface area (Å²) in [4.78, 5) is 27.1. The highest BCUT2D eigenvalue weighted by molar-refractivity contribution is 6.32. The molecule has 1 aliphatic rings. The average molecular weight is 452 g/mol. The van der Waals surface area contributed by atoms with Crippen LogP contribution < -0.4 is 4.90 Å². The van der Waals surface area contributed by atoms with Crippen molar-refractivity contribution in [1.29, 1.82) is 0 Å². The summed E-state index contributed by atoms with van der Waals surface area (Å²) in [5.74, 6) is 0.507. The molecule has 2 heterocycles. The zero-order valence-electron chi connectivity index (χ0n) is 17.8. The molecule has 0 N–H and O–H groups in total. The van der Waals surface area contributed by atoms with E-state index in [9.17, 15) is 14.9 Å². The minimum Gasteiger partial charge on any atom is -0.352 e. The predicted octanol–water partition coefficient (Wildman–Crippen LogP) is 4.28. The SMILES string of the molecule is Cc1ccc(-c2ccc(N3CCN(C(=O)c4ccc(Cl)c([N+](=O)[O-])c4)CC3)nn2)cc1C. The molecule has 0 saturated carbocycles. The lowest BCUT2D eigenvalue weighted by molar-refractivity contribution is -0.384. The smallest absolute Gasteiger partial charge is 0.288 e. The van der Waals surface area contributed by atoms with Crippen molar-refractivity contribution in [2.45, 2.75) is 13.8 Å². The van der Waals surface area contributed by atoms with E-state index in [0.717, 1.165) is 17.1 Å². The highest BCUT2D eigenvalue weighted by atomic mass is 35.5. The summed E-state index contributed by atoms with van der Waals surface area (Å²) < 4.78 is 0. The van der Waals surface area contributed by atoms with Crippen LogP contribution in [0, 0.1) is 24.0 Å². The number of rotatable bonds is 4. The molecular weight excluding hydrogens is 430 g/mol. The molecule has 1 aromatic heterocycles. The van der Waals surface area contributed by atoms with E-state index < -0.39 is 4.92 Å². The number of carbonyl (C=O) groups excluding carboxylic acids is 1. The van der Waals surface area contributed by atoms with E-state index in [2.05, 4.69) is 41.1 Å². The number of carbonyl (C=O) groups is 1. The van der Waals surface area contributed by atoms with Crippen LogP contribution in [0.5, 0.6) is 0 Å². The maximum atomic E-state index is 12.8. The molecule has 1 amide bonds. The van der Waals surface area contributed by atoms with E-state index in [4.69, 9.17) is 11.6 Å². The van der Waals surface area contributed by atoms with Gasteiger partial charge < -0.3 is 9.80 Å². The maximum absolute atomic E-state index is 12.8. The molecule has 32 heavy (non-hydrogen) atoms. The first-order chi connectivity index (χ1) is 15.3. The lowest BCUT2D eigenvalue weighted by atomic mass is 10.0. The molecule has 1 aliphatic heterocycles. The molecule has 3 aromatic rings. The van der Waals surface area contributed by atoms with Gasteiger partial charge in [0.15, 0.2) is 5.82 Å². The number of piperazine rings is 1. The molecule has 0 spiro atoms. The van der Waals surface area contributed by atoms with Crippen molar-refractivity contribution in [2.75, 3.05) is 31.1 Å². The van der Waals surface area contributed by atoms with Crippen molar-refractivity contribution in [2.24, 2.45) is 0 Å². The van der Waals surface area contributed by atoms with Gasteiger partial charge in [-0.1, -0.05) is 23.7 Å². The molecule has 0 atom stereocenters. The van der Waals surface area contributed by atoms with E-state index >= 15 is 0 Å². The minimum absolute atomic E-state index is 0.0131. The highest BCUT2D eigenvalue weighted by Gasteiger charge is 2.25. The van der Waals surface area contributed by atoms with Gasteiger partial charge in [0.2, 0.25) is 0 Å². The third-order valence-corrected chi connectivity index (χ3v) is 6.05. The maximum Gasteiger partial charge on any atom is 0.288 e. The Morgan fingerprint density at radius 1 is 0.969 bits per heavy atom. The second-order valence-electron chi connectivity index (χ2n) is 7.78. The molecule has 0 aliphatic carbocycles. The van der Waals surface area contributed by atoms with Crippen LogP contribution in [0.25, 0.3) is 11.3 Å². The van der Waals surface area contributed by atoms with Crippen LogP contribution in [-0.4, -0.2) is 52.1 Å². The van der Waals surface area contributed by atoms with Crippen molar-refractivity contribution >= 4 is 29.0 Å². The Bertz CT molecular complexity index is 1170. The van der Waals surface area contributed by atoms with Crippen LogP contribution >= 0.6 is 11.6 Å². The fourth-order valence-electron chi connectivity index (χ4n) is 3.66. The van der Waals surface area contributed by atoms with Crippen molar-refractivity contribution in [3.05, 3.63) is 80.4 Å². The van der Waals surface area contributed by atoms with Crippen LogP contribution in [0.2, 0.25) is 5.02 Å². The van der Waals surface area contributed by atoms with Crippen LogP contribution in [0.1, 0.15) is 21.5 Å². The van der Waals surface area contributed by atoms with Gasteiger partial charge in [-0.25, -0.2) is 0 Å². The molecular formula is C23H22ClN5O3. The largest absolute Gasteiger partial charge is 0.352 e. The fraction of sp³-hybridized carbons (Fsp3) is 0.261. The number of aryl methyl sites for hydroxylation is 2. The Labute approximate surface area is 190 Å². The van der Waals surface area contributed by atoms with Gasteiger partial charge >= 0.3 is 0 Å². The van der Waals surface area contributed by atoms with Gasteiger partial charge in [-0.05, 0) is 55.3 Å². The van der Waals surface area contributed by atoms with E-state index in [0.29, 0.717) is 26.2 Å². The lowest BCUT2D eigenvalue weighted by Crippen LogP contribution is -2.49. The van der Waals surface area contributed by atoms with Gasteiger partial charge in [-0.15, -0.1) is 10.2 Å². The standard InChI is InChI=1S/C23H22ClN5O3/c1-15-3-4-17(13-16(15)2)20-7-8-22(26-25-20)27-9-11-28(12-10-27)23(30)18-5-6-19(24)21(14-18)29(31)32/h3-8,13-14H,9-12H2,1-2H3. The summed E-state index contributed by atoms with van der Waals surface area (Å²) in [5.41, 5.74) is 4.27. The molecule has 0 unspecified atom stereocenters. The average Bonchev–Trinajstić information content (AvgIpc) is 2.81. The van der Waals surface area contributed by atoms with E-state index in [1.54, 1.807) is 4.90 Å². The van der Waals surface area contributed by atoms with Gasteiger partial charge in [0.1, 0.15) is 5.02 Å². The summed E-state index contributed by atoms with van der Waals surface area (Å²) in [7, 11) is 0. The second kappa shape index (κ2) is 8.92. The normalized spacial score (nSPS) is 13.8. The third-order valence-electron chi connectivity index (χ3n) is 5.73. The second-order valence-corrected chi connectivity index (χ2v) is 8.19. The molecule has 4 rings (SSSR count). The minimum atomic E-state index is -0.586. The van der Waals surface area contributed by atoms with Crippen LogP contribution in [0.3, 0.4) is 0 Å². The van der Waals surface area contributed by atoms with Crippen LogP contribution in [0.15, 0.2) is 48.5 Å². The monoisotopic (exact) mass is 451 g/mol. The molecule has 8 nitrogen and oxygen atoms in total. The van der Waals surface area contributed by atoms with E-state index in [-0.39, 0.29) is 22.2 Å². The highest BCUT2D eigenvalue weighted by Crippen LogP contribution is 2.26. The molecule has 0 radical (unpaired) electrons. The third kappa shape index (κ3) is 4.40. The zero-order chi connectivity index (χ0) is 22.8. The van der Waals surface area contributed by atoms with Crippen LogP contribution in [0.4, 0.5) is 11.5 Å². The Balaban J connectivity index is 1.41.